The third kappa shape index (κ3) is 5.03. The number of carbonyl (C=O) groups is 2. The van der Waals surface area contributed by atoms with Crippen molar-refractivity contribution in [2.24, 2.45) is 5.92 Å². The first-order valence-electron chi connectivity index (χ1n) is 7.21. The molecule has 0 heterocycles. The van der Waals surface area contributed by atoms with Crippen molar-refractivity contribution in [3.8, 4) is 0 Å². The van der Waals surface area contributed by atoms with E-state index >= 15 is 0 Å². The lowest BCUT2D eigenvalue weighted by molar-refractivity contribution is -0.120. The molecular formula is C16H22N2O2. The number of amides is 2. The van der Waals surface area contributed by atoms with E-state index in [-0.39, 0.29) is 11.8 Å². The highest BCUT2D eigenvalue weighted by atomic mass is 16.2. The zero-order valence-corrected chi connectivity index (χ0v) is 12.1. The molecule has 20 heavy (non-hydrogen) atoms. The van der Waals surface area contributed by atoms with Gasteiger partial charge in [-0.25, -0.2) is 0 Å². The Morgan fingerprint density at radius 3 is 2.35 bits per heavy atom. The molecule has 4 heteroatoms. The first-order valence-corrected chi connectivity index (χ1v) is 7.21. The van der Waals surface area contributed by atoms with Crippen molar-refractivity contribution in [1.82, 2.24) is 5.32 Å². The lowest BCUT2D eigenvalue weighted by atomic mass is 10.1. The van der Waals surface area contributed by atoms with E-state index in [1.54, 1.807) is 0 Å². The Kier molecular flexibility index (Phi) is 4.77. The van der Waals surface area contributed by atoms with Crippen LogP contribution in [0.2, 0.25) is 0 Å². The van der Waals surface area contributed by atoms with E-state index in [1.165, 1.54) is 0 Å². The lowest BCUT2D eigenvalue weighted by Crippen LogP contribution is -2.26. The van der Waals surface area contributed by atoms with Gasteiger partial charge in [-0.1, -0.05) is 26.0 Å². The molecule has 1 aliphatic carbocycles. The fourth-order valence-corrected chi connectivity index (χ4v) is 1.98. The monoisotopic (exact) mass is 274 g/mol. The Hall–Kier alpha value is -1.84. The van der Waals surface area contributed by atoms with Crippen molar-refractivity contribution in [1.29, 1.82) is 0 Å². The van der Waals surface area contributed by atoms with Gasteiger partial charge in [0.2, 0.25) is 11.8 Å². The molecule has 0 bridgehead atoms. The van der Waals surface area contributed by atoms with Gasteiger partial charge in [0.25, 0.3) is 0 Å². The van der Waals surface area contributed by atoms with Crippen LogP contribution in [0.25, 0.3) is 0 Å². The summed E-state index contributed by atoms with van der Waals surface area (Å²) in [5.74, 6) is 0.448. The molecule has 2 amide bonds. The van der Waals surface area contributed by atoms with Crippen molar-refractivity contribution < 1.29 is 9.59 Å². The highest BCUT2D eigenvalue weighted by molar-refractivity contribution is 5.90. The summed E-state index contributed by atoms with van der Waals surface area (Å²) in [7, 11) is 0. The van der Waals surface area contributed by atoms with Crippen molar-refractivity contribution >= 4 is 17.5 Å². The van der Waals surface area contributed by atoms with Crippen LogP contribution in [0, 0.1) is 5.92 Å². The molecular weight excluding hydrogens is 252 g/mol. The van der Waals surface area contributed by atoms with E-state index in [0.29, 0.717) is 24.8 Å². The zero-order valence-electron chi connectivity index (χ0n) is 12.1. The summed E-state index contributed by atoms with van der Waals surface area (Å²) >= 11 is 0. The molecule has 0 atom stereocenters. The summed E-state index contributed by atoms with van der Waals surface area (Å²) in [6, 6.07) is 7.86. The summed E-state index contributed by atoms with van der Waals surface area (Å²) < 4.78 is 0. The van der Waals surface area contributed by atoms with Crippen molar-refractivity contribution in [3.05, 3.63) is 29.8 Å². The number of carbonyl (C=O) groups excluding carboxylic acids is 2. The fourth-order valence-electron chi connectivity index (χ4n) is 1.98. The van der Waals surface area contributed by atoms with Gasteiger partial charge in [0.05, 0.1) is 6.42 Å². The van der Waals surface area contributed by atoms with Crippen LogP contribution in [0.4, 0.5) is 5.69 Å². The summed E-state index contributed by atoms with van der Waals surface area (Å²) in [4.78, 5) is 23.3. The Bertz CT molecular complexity index is 439. The quantitative estimate of drug-likeness (QED) is 0.837. The molecule has 0 aromatic heterocycles. The molecule has 1 aliphatic rings. The number of anilines is 1. The van der Waals surface area contributed by atoms with E-state index in [9.17, 15) is 9.59 Å². The van der Waals surface area contributed by atoms with Crippen LogP contribution < -0.4 is 10.6 Å². The van der Waals surface area contributed by atoms with Crippen LogP contribution in [0.5, 0.6) is 0 Å². The second kappa shape index (κ2) is 6.55. The Morgan fingerprint density at radius 2 is 1.80 bits per heavy atom. The van der Waals surface area contributed by atoms with Crippen LogP contribution in [-0.2, 0) is 16.0 Å². The standard InChI is InChI=1S/C16H22N2O2/c1-11(2)9-15(19)17-13-5-3-12(4-6-13)10-16(20)18-14-7-8-14/h3-6,11,14H,7-10H2,1-2H3,(H,17,19)(H,18,20). The van der Waals surface area contributed by atoms with Gasteiger partial charge in [-0.05, 0) is 36.5 Å². The molecule has 0 aliphatic heterocycles. The molecule has 0 unspecified atom stereocenters. The Morgan fingerprint density at radius 1 is 1.15 bits per heavy atom. The summed E-state index contributed by atoms with van der Waals surface area (Å²) in [6.45, 7) is 4.03. The van der Waals surface area contributed by atoms with Crippen molar-refractivity contribution in [3.63, 3.8) is 0 Å². The molecule has 0 radical (unpaired) electrons. The number of nitrogens with one attached hydrogen (secondary N) is 2. The number of benzene rings is 1. The molecule has 0 saturated heterocycles. The van der Waals surface area contributed by atoms with E-state index in [0.717, 1.165) is 24.1 Å². The van der Waals surface area contributed by atoms with Crippen LogP contribution in [0.1, 0.15) is 38.7 Å². The maximum Gasteiger partial charge on any atom is 0.224 e. The van der Waals surface area contributed by atoms with Gasteiger partial charge in [0, 0.05) is 18.2 Å². The molecule has 1 aromatic carbocycles. The highest BCUT2D eigenvalue weighted by Crippen LogP contribution is 2.19. The number of rotatable bonds is 6. The van der Waals surface area contributed by atoms with Crippen LogP contribution in [0.3, 0.4) is 0 Å². The van der Waals surface area contributed by atoms with Crippen molar-refractivity contribution in [2.45, 2.75) is 45.6 Å². The topological polar surface area (TPSA) is 58.2 Å². The summed E-state index contributed by atoms with van der Waals surface area (Å²) in [5, 5.41) is 5.82. The predicted molar refractivity (Wildman–Crippen MR) is 79.4 cm³/mol. The highest BCUT2D eigenvalue weighted by Gasteiger charge is 2.22. The van der Waals surface area contributed by atoms with Crippen LogP contribution in [0.15, 0.2) is 24.3 Å². The molecule has 108 valence electrons. The average molecular weight is 274 g/mol. The average Bonchev–Trinajstić information content (AvgIpc) is 3.14. The minimum Gasteiger partial charge on any atom is -0.353 e. The zero-order chi connectivity index (χ0) is 14.5. The molecule has 1 saturated carbocycles. The number of hydrogen-bond acceptors (Lipinski definition) is 2. The summed E-state index contributed by atoms with van der Waals surface area (Å²) in [5.41, 5.74) is 1.74. The minimum absolute atomic E-state index is 0.0271. The van der Waals surface area contributed by atoms with E-state index in [1.807, 2.05) is 38.1 Å². The molecule has 4 nitrogen and oxygen atoms in total. The maximum absolute atomic E-state index is 11.7. The van der Waals surface area contributed by atoms with Gasteiger partial charge in [-0.15, -0.1) is 0 Å². The molecule has 1 aromatic rings. The maximum atomic E-state index is 11.7. The normalized spacial score (nSPS) is 14.2. The van der Waals surface area contributed by atoms with E-state index < -0.39 is 0 Å². The molecule has 1 fully saturated rings. The third-order valence-electron chi connectivity index (χ3n) is 3.14. The van der Waals surface area contributed by atoms with Gasteiger partial charge in [-0.3, -0.25) is 9.59 Å². The van der Waals surface area contributed by atoms with Gasteiger partial charge in [0.1, 0.15) is 0 Å². The second-order valence-electron chi connectivity index (χ2n) is 5.86. The van der Waals surface area contributed by atoms with Gasteiger partial charge >= 0.3 is 0 Å². The van der Waals surface area contributed by atoms with E-state index in [4.69, 9.17) is 0 Å². The third-order valence-corrected chi connectivity index (χ3v) is 3.14. The lowest BCUT2D eigenvalue weighted by Gasteiger charge is -2.08. The minimum atomic E-state index is 0.0271. The predicted octanol–water partition coefficient (Wildman–Crippen LogP) is 2.49. The van der Waals surface area contributed by atoms with Gasteiger partial charge in [-0.2, -0.15) is 0 Å². The Balaban J connectivity index is 1.82. The van der Waals surface area contributed by atoms with Crippen LogP contribution >= 0.6 is 0 Å². The van der Waals surface area contributed by atoms with Crippen molar-refractivity contribution in [2.75, 3.05) is 5.32 Å². The smallest absolute Gasteiger partial charge is 0.224 e. The first-order chi connectivity index (χ1) is 9.52. The SMILES string of the molecule is CC(C)CC(=O)Nc1ccc(CC(=O)NC2CC2)cc1. The van der Waals surface area contributed by atoms with Gasteiger partial charge < -0.3 is 10.6 Å². The first kappa shape index (κ1) is 14.6. The van der Waals surface area contributed by atoms with Crippen LogP contribution in [-0.4, -0.2) is 17.9 Å². The van der Waals surface area contributed by atoms with E-state index in [2.05, 4.69) is 10.6 Å². The molecule has 2 rings (SSSR count). The molecule has 0 spiro atoms. The van der Waals surface area contributed by atoms with Gasteiger partial charge in [0.15, 0.2) is 0 Å². The summed E-state index contributed by atoms with van der Waals surface area (Å²) in [6.07, 6.45) is 3.13. The fraction of sp³-hybridized carbons (Fsp3) is 0.500. The molecule has 2 N–H and O–H groups in total. The Labute approximate surface area is 119 Å². The second-order valence-corrected chi connectivity index (χ2v) is 5.86. The largest absolute Gasteiger partial charge is 0.353 e. The number of hydrogen-bond donors (Lipinski definition) is 2.